The number of rotatable bonds is 9. The van der Waals surface area contributed by atoms with Crippen LogP contribution in [0.3, 0.4) is 0 Å². The number of aryl methyl sites for hydroxylation is 2. The van der Waals surface area contributed by atoms with Crippen molar-refractivity contribution in [1.82, 2.24) is 4.98 Å². The fourth-order valence-electron chi connectivity index (χ4n) is 3.65. The van der Waals surface area contributed by atoms with E-state index < -0.39 is 0 Å². The molecule has 4 rings (SSSR count). The van der Waals surface area contributed by atoms with Gasteiger partial charge in [0, 0.05) is 16.6 Å². The Bertz CT molecular complexity index is 1270. The Hall–Kier alpha value is -3.78. The summed E-state index contributed by atoms with van der Waals surface area (Å²) in [5.41, 5.74) is 2.96. The van der Waals surface area contributed by atoms with Crippen molar-refractivity contribution in [2.45, 2.75) is 26.3 Å². The number of methoxy groups -OCH3 is 2. The highest BCUT2D eigenvalue weighted by Gasteiger charge is 2.24. The maximum Gasteiger partial charge on any atom is 0.291 e. The fraction of sp³-hybridized carbons (Fsp3) is 0.231. The van der Waals surface area contributed by atoms with Crippen LogP contribution in [-0.4, -0.2) is 25.1 Å². The summed E-state index contributed by atoms with van der Waals surface area (Å²) in [5, 5.41) is 7.34. The number of pyridine rings is 1. The summed E-state index contributed by atoms with van der Waals surface area (Å²) in [6, 6.07) is 14.9. The molecule has 0 saturated heterocycles. The zero-order valence-corrected chi connectivity index (χ0v) is 20.4. The third-order valence-electron chi connectivity index (χ3n) is 5.39. The molecule has 0 aliphatic carbocycles. The molecule has 8 heteroatoms. The first kappa shape index (κ1) is 23.4. The second-order valence-electron chi connectivity index (χ2n) is 7.69. The quantitative estimate of drug-likeness (QED) is 0.304. The van der Waals surface area contributed by atoms with Gasteiger partial charge in [0.25, 0.3) is 5.91 Å². The first-order chi connectivity index (χ1) is 16.5. The minimum absolute atomic E-state index is 0.258. The summed E-state index contributed by atoms with van der Waals surface area (Å²) < 4.78 is 16.3. The van der Waals surface area contributed by atoms with Gasteiger partial charge in [-0.25, -0.2) is 4.98 Å². The maximum atomic E-state index is 12.8. The lowest BCUT2D eigenvalue weighted by atomic mass is 9.99. The zero-order chi connectivity index (χ0) is 24.1. The number of hydrogen-bond donors (Lipinski definition) is 2. The Kier molecular flexibility index (Phi) is 7.18. The first-order valence-electron chi connectivity index (χ1n) is 10.9. The molecule has 7 nitrogen and oxygen atoms in total. The van der Waals surface area contributed by atoms with Crippen LogP contribution in [0.4, 0.5) is 10.8 Å². The summed E-state index contributed by atoms with van der Waals surface area (Å²) in [6.07, 6.45) is 4.10. The largest absolute Gasteiger partial charge is 0.493 e. The Morgan fingerprint density at radius 1 is 1.12 bits per heavy atom. The number of carbonyl (C=O) groups excluding carboxylic acids is 1. The number of hydrogen-bond acceptors (Lipinski definition) is 7. The highest BCUT2D eigenvalue weighted by atomic mass is 32.1. The number of carbonyl (C=O) groups is 1. The average molecular weight is 478 g/mol. The van der Waals surface area contributed by atoms with Crippen molar-refractivity contribution < 1.29 is 18.7 Å². The van der Waals surface area contributed by atoms with E-state index in [1.165, 1.54) is 6.26 Å². The van der Waals surface area contributed by atoms with Gasteiger partial charge in [-0.1, -0.05) is 13.0 Å². The third-order valence-corrected chi connectivity index (χ3v) is 6.60. The van der Waals surface area contributed by atoms with Crippen molar-refractivity contribution >= 4 is 28.1 Å². The van der Waals surface area contributed by atoms with Crippen molar-refractivity contribution in [2.24, 2.45) is 0 Å². The molecule has 1 atom stereocenters. The molecule has 0 radical (unpaired) electrons. The molecular formula is C26H27N3O4S. The van der Waals surface area contributed by atoms with Crippen molar-refractivity contribution in [1.29, 1.82) is 0 Å². The first-order valence-corrected chi connectivity index (χ1v) is 11.7. The molecule has 176 valence electrons. The van der Waals surface area contributed by atoms with Crippen LogP contribution in [0, 0.1) is 6.92 Å². The monoisotopic (exact) mass is 477 g/mol. The molecule has 0 spiro atoms. The predicted molar refractivity (Wildman–Crippen MR) is 134 cm³/mol. The van der Waals surface area contributed by atoms with Gasteiger partial charge in [0.05, 0.1) is 26.5 Å². The normalized spacial score (nSPS) is 11.6. The molecule has 3 heterocycles. The molecule has 2 N–H and O–H groups in total. The fourth-order valence-corrected chi connectivity index (χ4v) is 4.68. The topological polar surface area (TPSA) is 85.6 Å². The Balaban J connectivity index is 1.80. The molecule has 0 aliphatic rings. The van der Waals surface area contributed by atoms with Gasteiger partial charge >= 0.3 is 0 Å². The molecule has 1 aromatic carbocycles. The highest BCUT2D eigenvalue weighted by molar-refractivity contribution is 7.16. The van der Waals surface area contributed by atoms with E-state index in [1.54, 1.807) is 43.9 Å². The van der Waals surface area contributed by atoms with Crippen LogP contribution >= 0.6 is 11.3 Å². The van der Waals surface area contributed by atoms with E-state index in [4.69, 9.17) is 13.9 Å². The lowest BCUT2D eigenvalue weighted by molar-refractivity contribution is 0.0997. The average Bonchev–Trinajstić information content (AvgIpc) is 3.52. The summed E-state index contributed by atoms with van der Waals surface area (Å²) in [4.78, 5) is 18.4. The minimum Gasteiger partial charge on any atom is -0.493 e. The Morgan fingerprint density at radius 3 is 2.62 bits per heavy atom. The number of ether oxygens (including phenoxy) is 2. The van der Waals surface area contributed by atoms with E-state index >= 15 is 0 Å². The van der Waals surface area contributed by atoms with Gasteiger partial charge in [0.1, 0.15) is 10.8 Å². The number of nitrogens with one attached hydrogen (secondary N) is 2. The van der Waals surface area contributed by atoms with Crippen LogP contribution in [-0.2, 0) is 6.42 Å². The number of benzene rings is 1. The van der Waals surface area contributed by atoms with Crippen LogP contribution in [0.15, 0.2) is 65.4 Å². The smallest absolute Gasteiger partial charge is 0.291 e. The van der Waals surface area contributed by atoms with Gasteiger partial charge in [0.2, 0.25) is 0 Å². The van der Waals surface area contributed by atoms with Gasteiger partial charge in [-0.05, 0) is 66.9 Å². The molecule has 0 fully saturated rings. The molecule has 0 unspecified atom stereocenters. The summed E-state index contributed by atoms with van der Waals surface area (Å²) >= 11 is 1.55. The molecule has 0 saturated carbocycles. The standard InChI is InChI=1S/C26H27N3O4S/c1-5-18-15-19(26(34-18)29-25(30)21-7-6-12-33-21)24(28-23-13-16(2)10-11-27-23)17-8-9-20(31-3)22(14-17)32-4/h6-15,24H,5H2,1-4H3,(H,27,28)(H,29,30)/t24-/m1/s1. The minimum atomic E-state index is -0.308. The zero-order valence-electron chi connectivity index (χ0n) is 19.5. The molecule has 4 aromatic rings. The van der Waals surface area contributed by atoms with Crippen molar-refractivity contribution in [2.75, 3.05) is 24.9 Å². The van der Waals surface area contributed by atoms with E-state index in [9.17, 15) is 4.79 Å². The molecule has 34 heavy (non-hydrogen) atoms. The second kappa shape index (κ2) is 10.4. The van der Waals surface area contributed by atoms with E-state index in [2.05, 4.69) is 28.6 Å². The number of thiophene rings is 1. The molecule has 0 bridgehead atoms. The highest BCUT2D eigenvalue weighted by Crippen LogP contribution is 2.40. The Labute approximate surface area is 202 Å². The predicted octanol–water partition coefficient (Wildman–Crippen LogP) is 6.08. The van der Waals surface area contributed by atoms with Gasteiger partial charge in [-0.2, -0.15) is 0 Å². The second-order valence-corrected chi connectivity index (χ2v) is 8.83. The molecular weight excluding hydrogens is 450 g/mol. The number of furan rings is 1. The maximum absolute atomic E-state index is 12.8. The van der Waals surface area contributed by atoms with Crippen LogP contribution < -0.4 is 20.1 Å². The van der Waals surface area contributed by atoms with E-state index in [-0.39, 0.29) is 17.7 Å². The van der Waals surface area contributed by atoms with Crippen molar-refractivity contribution in [3.8, 4) is 11.5 Å². The number of amides is 1. The van der Waals surface area contributed by atoms with E-state index in [1.807, 2.05) is 37.3 Å². The van der Waals surface area contributed by atoms with E-state index in [0.717, 1.165) is 38.8 Å². The van der Waals surface area contributed by atoms with Crippen molar-refractivity contribution in [3.05, 3.63) is 88.3 Å². The molecule has 1 amide bonds. The van der Waals surface area contributed by atoms with Crippen molar-refractivity contribution in [3.63, 3.8) is 0 Å². The summed E-state index contributed by atoms with van der Waals surface area (Å²) in [6.45, 7) is 4.11. The van der Waals surface area contributed by atoms with Gasteiger partial charge in [0.15, 0.2) is 17.3 Å². The molecule has 3 aromatic heterocycles. The summed E-state index contributed by atoms with van der Waals surface area (Å²) in [5.74, 6) is 1.96. The van der Waals surface area contributed by atoms with Crippen LogP contribution in [0.2, 0.25) is 0 Å². The Morgan fingerprint density at radius 2 is 1.94 bits per heavy atom. The van der Waals surface area contributed by atoms with Crippen LogP contribution in [0.25, 0.3) is 0 Å². The lowest BCUT2D eigenvalue weighted by Crippen LogP contribution is -2.17. The SMILES string of the molecule is CCc1cc([C@H](Nc2cc(C)ccn2)c2ccc(OC)c(OC)c2)c(NC(=O)c2ccco2)s1. The number of aromatic nitrogens is 1. The molecule has 0 aliphatic heterocycles. The van der Waals surface area contributed by atoms with Gasteiger partial charge in [-0.15, -0.1) is 11.3 Å². The number of nitrogens with zero attached hydrogens (tertiary/aromatic N) is 1. The number of anilines is 2. The summed E-state index contributed by atoms with van der Waals surface area (Å²) in [7, 11) is 3.22. The third kappa shape index (κ3) is 5.07. The van der Waals surface area contributed by atoms with Crippen LogP contribution in [0.5, 0.6) is 11.5 Å². The van der Waals surface area contributed by atoms with Gasteiger partial charge in [-0.3, -0.25) is 4.79 Å². The van der Waals surface area contributed by atoms with E-state index in [0.29, 0.717) is 11.5 Å². The van der Waals surface area contributed by atoms with Crippen LogP contribution in [0.1, 0.15) is 45.1 Å². The van der Waals surface area contributed by atoms with Gasteiger partial charge < -0.3 is 24.5 Å². The lowest BCUT2D eigenvalue weighted by Gasteiger charge is -2.22.